The number of nitrogens with zero attached hydrogens (tertiary/aromatic N) is 1. The molecular formula is C16H21N3O3S. The summed E-state index contributed by atoms with van der Waals surface area (Å²) in [6.07, 6.45) is 3.18. The molecule has 23 heavy (non-hydrogen) atoms. The summed E-state index contributed by atoms with van der Waals surface area (Å²) in [5, 5.41) is 7.59. The van der Waals surface area contributed by atoms with Crippen LogP contribution in [0.5, 0.6) is 0 Å². The minimum absolute atomic E-state index is 0.0235. The molecule has 0 unspecified atom stereocenters. The summed E-state index contributed by atoms with van der Waals surface area (Å²) < 4.78 is 0. The summed E-state index contributed by atoms with van der Waals surface area (Å²) in [6.45, 7) is 3.63. The number of hydrogen-bond donors (Lipinski definition) is 2. The van der Waals surface area contributed by atoms with Crippen molar-refractivity contribution in [2.24, 2.45) is 0 Å². The van der Waals surface area contributed by atoms with E-state index in [-0.39, 0.29) is 24.4 Å². The van der Waals surface area contributed by atoms with Crippen LogP contribution < -0.4 is 10.6 Å². The van der Waals surface area contributed by atoms with Crippen molar-refractivity contribution in [3.63, 3.8) is 0 Å². The van der Waals surface area contributed by atoms with Crippen LogP contribution in [0.2, 0.25) is 0 Å². The summed E-state index contributed by atoms with van der Waals surface area (Å²) in [5.41, 5.74) is -0.0710. The number of fused-ring (bicyclic) bond motifs is 2. The zero-order valence-electron chi connectivity index (χ0n) is 13.3. The monoisotopic (exact) mass is 335 g/mol. The van der Waals surface area contributed by atoms with E-state index in [1.807, 2.05) is 25.3 Å². The van der Waals surface area contributed by atoms with Crippen LogP contribution in [0.4, 0.5) is 4.79 Å². The van der Waals surface area contributed by atoms with E-state index < -0.39 is 11.6 Å². The summed E-state index contributed by atoms with van der Waals surface area (Å²) in [6, 6.07) is 1.46. The number of carbonyl (C=O) groups is 3. The van der Waals surface area contributed by atoms with Gasteiger partial charge in [-0.3, -0.25) is 14.5 Å². The van der Waals surface area contributed by atoms with E-state index >= 15 is 0 Å². The number of rotatable bonds is 4. The number of thiophene rings is 1. The number of aryl methyl sites for hydroxylation is 1. The van der Waals surface area contributed by atoms with Crippen molar-refractivity contribution in [3.05, 3.63) is 21.9 Å². The van der Waals surface area contributed by atoms with E-state index in [0.29, 0.717) is 6.42 Å². The Morgan fingerprint density at radius 3 is 3.04 bits per heavy atom. The van der Waals surface area contributed by atoms with Crippen LogP contribution in [0, 0.1) is 0 Å². The fraction of sp³-hybridized carbons (Fsp3) is 0.562. The Kier molecular flexibility index (Phi) is 4.14. The highest BCUT2D eigenvalue weighted by molar-refractivity contribution is 7.10. The first-order valence-electron chi connectivity index (χ1n) is 7.98. The molecule has 4 amide bonds. The molecule has 1 spiro atoms. The van der Waals surface area contributed by atoms with E-state index in [9.17, 15) is 14.4 Å². The molecule has 1 aliphatic carbocycles. The van der Waals surface area contributed by atoms with E-state index in [1.54, 1.807) is 11.3 Å². The Bertz CT molecular complexity index is 657. The van der Waals surface area contributed by atoms with Crippen molar-refractivity contribution in [2.45, 2.75) is 51.1 Å². The number of amides is 4. The fourth-order valence-electron chi connectivity index (χ4n) is 3.25. The van der Waals surface area contributed by atoms with Gasteiger partial charge in [-0.25, -0.2) is 4.79 Å². The molecule has 3 rings (SSSR count). The molecule has 124 valence electrons. The van der Waals surface area contributed by atoms with Crippen LogP contribution >= 0.6 is 11.3 Å². The van der Waals surface area contributed by atoms with Crippen LogP contribution in [0.15, 0.2) is 11.4 Å². The van der Waals surface area contributed by atoms with Crippen LogP contribution in [0.3, 0.4) is 0 Å². The SMILES string of the molecule is CC[C@@H](C)NC(=O)CN1C(=O)N[C@@]2(CCCc3sccc32)C1=O. The van der Waals surface area contributed by atoms with Gasteiger partial charge in [-0.2, -0.15) is 0 Å². The summed E-state index contributed by atoms with van der Waals surface area (Å²) in [7, 11) is 0. The minimum atomic E-state index is -0.971. The zero-order chi connectivity index (χ0) is 16.6. The van der Waals surface area contributed by atoms with Gasteiger partial charge < -0.3 is 10.6 Å². The van der Waals surface area contributed by atoms with Gasteiger partial charge in [0.05, 0.1) is 0 Å². The van der Waals surface area contributed by atoms with Gasteiger partial charge in [-0.05, 0) is 44.1 Å². The smallest absolute Gasteiger partial charge is 0.325 e. The largest absolute Gasteiger partial charge is 0.352 e. The van der Waals surface area contributed by atoms with Crippen molar-refractivity contribution in [1.29, 1.82) is 0 Å². The maximum Gasteiger partial charge on any atom is 0.325 e. The second kappa shape index (κ2) is 5.96. The Labute approximate surface area is 139 Å². The molecule has 6 nitrogen and oxygen atoms in total. The topological polar surface area (TPSA) is 78.5 Å². The second-order valence-corrected chi connectivity index (χ2v) is 7.22. The van der Waals surface area contributed by atoms with Crippen molar-refractivity contribution >= 4 is 29.2 Å². The fourth-order valence-corrected chi connectivity index (χ4v) is 4.25. The van der Waals surface area contributed by atoms with Crippen molar-refractivity contribution in [1.82, 2.24) is 15.5 Å². The molecule has 2 N–H and O–H groups in total. The third-order valence-corrected chi connectivity index (χ3v) is 5.64. The first kappa shape index (κ1) is 16.0. The predicted molar refractivity (Wildman–Crippen MR) is 87.1 cm³/mol. The lowest BCUT2D eigenvalue weighted by Gasteiger charge is -2.31. The zero-order valence-corrected chi connectivity index (χ0v) is 14.2. The third-order valence-electron chi connectivity index (χ3n) is 4.66. The minimum Gasteiger partial charge on any atom is -0.352 e. The normalized spacial score (nSPS) is 24.5. The molecule has 1 aromatic heterocycles. The molecule has 2 aliphatic rings. The molecule has 0 aromatic carbocycles. The second-order valence-electron chi connectivity index (χ2n) is 6.21. The molecule has 2 heterocycles. The van der Waals surface area contributed by atoms with Gasteiger partial charge in [0, 0.05) is 16.5 Å². The molecule has 2 atom stereocenters. The molecule has 7 heteroatoms. The van der Waals surface area contributed by atoms with Crippen molar-refractivity contribution in [3.8, 4) is 0 Å². The van der Waals surface area contributed by atoms with Crippen molar-refractivity contribution < 1.29 is 14.4 Å². The number of urea groups is 1. The van der Waals surface area contributed by atoms with Crippen LogP contribution in [0.25, 0.3) is 0 Å². The Balaban J connectivity index is 1.81. The lowest BCUT2D eigenvalue weighted by Crippen LogP contribution is -2.47. The van der Waals surface area contributed by atoms with Gasteiger partial charge in [0.25, 0.3) is 5.91 Å². The van der Waals surface area contributed by atoms with E-state index in [4.69, 9.17) is 0 Å². The Morgan fingerprint density at radius 2 is 2.30 bits per heavy atom. The molecule has 1 aliphatic heterocycles. The standard InChI is InChI=1S/C16H21N3O3S/c1-3-10(2)17-13(20)9-19-14(21)16(18-15(19)22)7-4-5-12-11(16)6-8-23-12/h6,8,10H,3-5,7,9H2,1-2H3,(H,17,20)(H,18,22)/t10-,16-/m1/s1. The molecule has 0 radical (unpaired) electrons. The third kappa shape index (κ3) is 2.63. The van der Waals surface area contributed by atoms with Crippen LogP contribution in [-0.2, 0) is 21.5 Å². The first-order valence-corrected chi connectivity index (χ1v) is 8.86. The highest BCUT2D eigenvalue weighted by atomic mass is 32.1. The average Bonchev–Trinajstić information content (AvgIpc) is 3.08. The van der Waals surface area contributed by atoms with Crippen molar-refractivity contribution in [2.75, 3.05) is 6.54 Å². The predicted octanol–water partition coefficient (Wildman–Crippen LogP) is 1.75. The Morgan fingerprint density at radius 1 is 1.52 bits per heavy atom. The molecule has 0 bridgehead atoms. The lowest BCUT2D eigenvalue weighted by atomic mass is 9.80. The maximum atomic E-state index is 12.9. The van der Waals surface area contributed by atoms with E-state index in [1.165, 1.54) is 0 Å². The maximum absolute atomic E-state index is 12.9. The summed E-state index contributed by atoms with van der Waals surface area (Å²) in [5.74, 6) is -0.609. The average molecular weight is 335 g/mol. The molecule has 1 aromatic rings. The molecule has 1 saturated heterocycles. The first-order chi connectivity index (χ1) is 11.0. The van der Waals surface area contributed by atoms with Gasteiger partial charge in [0.15, 0.2) is 0 Å². The van der Waals surface area contributed by atoms with Gasteiger partial charge in [0.1, 0.15) is 12.1 Å². The van der Waals surface area contributed by atoms with Gasteiger partial charge >= 0.3 is 6.03 Å². The summed E-state index contributed by atoms with van der Waals surface area (Å²) in [4.78, 5) is 39.4. The van der Waals surface area contributed by atoms with Gasteiger partial charge in [-0.15, -0.1) is 11.3 Å². The quantitative estimate of drug-likeness (QED) is 0.823. The number of imide groups is 1. The van der Waals surface area contributed by atoms with Gasteiger partial charge in [-0.1, -0.05) is 6.92 Å². The number of nitrogens with one attached hydrogen (secondary N) is 2. The number of carbonyl (C=O) groups excluding carboxylic acids is 3. The van der Waals surface area contributed by atoms with Gasteiger partial charge in [0.2, 0.25) is 5.91 Å². The summed E-state index contributed by atoms with van der Waals surface area (Å²) >= 11 is 1.61. The molecule has 1 fully saturated rings. The molecular weight excluding hydrogens is 314 g/mol. The number of hydrogen-bond acceptors (Lipinski definition) is 4. The highest BCUT2D eigenvalue weighted by Gasteiger charge is 2.54. The van der Waals surface area contributed by atoms with E-state index in [0.717, 1.165) is 34.6 Å². The van der Waals surface area contributed by atoms with Crippen LogP contribution in [-0.4, -0.2) is 35.3 Å². The Hall–Kier alpha value is -1.89. The highest BCUT2D eigenvalue weighted by Crippen LogP contribution is 2.41. The van der Waals surface area contributed by atoms with E-state index in [2.05, 4.69) is 10.6 Å². The molecule has 0 saturated carbocycles. The van der Waals surface area contributed by atoms with Crippen LogP contribution in [0.1, 0.15) is 43.6 Å². The lowest BCUT2D eigenvalue weighted by molar-refractivity contribution is -0.135.